The number of piperidine rings is 1. The van der Waals surface area contributed by atoms with Gasteiger partial charge in [-0.3, -0.25) is 4.90 Å². The van der Waals surface area contributed by atoms with E-state index in [-0.39, 0.29) is 6.10 Å². The molecule has 0 amide bonds. The predicted molar refractivity (Wildman–Crippen MR) is 128 cm³/mol. The second kappa shape index (κ2) is 9.69. The molecule has 2 aromatic carbocycles. The second-order valence-electron chi connectivity index (χ2n) is 8.26. The van der Waals surface area contributed by atoms with Gasteiger partial charge in [0.1, 0.15) is 0 Å². The van der Waals surface area contributed by atoms with Crippen LogP contribution in [0.3, 0.4) is 0 Å². The van der Waals surface area contributed by atoms with Crippen molar-refractivity contribution in [3.8, 4) is 0 Å². The summed E-state index contributed by atoms with van der Waals surface area (Å²) in [5.41, 5.74) is 10.6. The van der Waals surface area contributed by atoms with E-state index in [0.717, 1.165) is 42.9 Å². The normalized spacial score (nSPS) is 23.2. The average molecular weight is 419 g/mol. The van der Waals surface area contributed by atoms with Crippen LogP contribution < -0.4 is 5.73 Å². The lowest BCUT2D eigenvalue weighted by Crippen LogP contribution is -2.41. The molecular weight excluding hydrogens is 388 g/mol. The fourth-order valence-electron chi connectivity index (χ4n) is 4.77. The summed E-state index contributed by atoms with van der Waals surface area (Å²) in [6.45, 7) is 1.98. The molecule has 4 rings (SSSR count). The fraction of sp³-hybridized carbons (Fsp3) is 0.346. The molecule has 30 heavy (non-hydrogen) atoms. The van der Waals surface area contributed by atoms with Gasteiger partial charge in [-0.15, -0.1) is 0 Å². The summed E-state index contributed by atoms with van der Waals surface area (Å²) < 4.78 is 6.03. The Bertz CT molecular complexity index is 920. The number of nitrogens with two attached hydrogens (primary N) is 1. The van der Waals surface area contributed by atoms with Crippen LogP contribution in [0.5, 0.6) is 0 Å². The van der Waals surface area contributed by atoms with Crippen molar-refractivity contribution in [1.82, 2.24) is 4.90 Å². The summed E-state index contributed by atoms with van der Waals surface area (Å²) >= 11 is 5.66. The number of benzene rings is 2. The van der Waals surface area contributed by atoms with Crippen molar-refractivity contribution in [3.05, 3.63) is 89.5 Å². The van der Waals surface area contributed by atoms with Crippen LogP contribution in [0.2, 0.25) is 0 Å². The van der Waals surface area contributed by atoms with Crippen LogP contribution >= 0.6 is 12.2 Å². The number of nitrogen functional groups attached to an aromatic ring is 1. The molecule has 1 aliphatic heterocycles. The third kappa shape index (κ3) is 4.72. The number of likely N-dealkylation sites (tertiary alicyclic amines) is 1. The molecule has 4 heteroatoms. The van der Waals surface area contributed by atoms with E-state index in [4.69, 9.17) is 22.7 Å². The van der Waals surface area contributed by atoms with Crippen LogP contribution in [-0.4, -0.2) is 29.5 Å². The summed E-state index contributed by atoms with van der Waals surface area (Å²) in [5.74, 6) is 0.431. The SMILES string of the molecule is COC(C1=CC=CCC1=S)C1CCN(Cc2ccccc2)C(c2ccc(N)cc2)C1. The second-order valence-corrected chi connectivity index (χ2v) is 8.75. The number of ether oxygens (including phenoxy) is 1. The molecule has 0 bridgehead atoms. The van der Waals surface area contributed by atoms with Crippen LogP contribution in [0.4, 0.5) is 5.69 Å². The van der Waals surface area contributed by atoms with E-state index >= 15 is 0 Å². The van der Waals surface area contributed by atoms with Crippen molar-refractivity contribution in [2.75, 3.05) is 19.4 Å². The van der Waals surface area contributed by atoms with Crippen LogP contribution in [0.1, 0.15) is 36.4 Å². The number of methoxy groups -OCH3 is 1. The highest BCUT2D eigenvalue weighted by atomic mass is 32.1. The Labute approximate surface area is 185 Å². The zero-order chi connectivity index (χ0) is 20.9. The van der Waals surface area contributed by atoms with Crippen molar-refractivity contribution in [2.45, 2.75) is 38.0 Å². The molecule has 156 valence electrons. The number of hydrogen-bond acceptors (Lipinski definition) is 4. The predicted octanol–water partition coefficient (Wildman–Crippen LogP) is 5.49. The van der Waals surface area contributed by atoms with Crippen molar-refractivity contribution in [2.24, 2.45) is 5.92 Å². The minimum Gasteiger partial charge on any atom is -0.399 e. The maximum absolute atomic E-state index is 6.03. The van der Waals surface area contributed by atoms with Crippen molar-refractivity contribution in [3.63, 3.8) is 0 Å². The lowest BCUT2D eigenvalue weighted by atomic mass is 9.79. The summed E-state index contributed by atoms with van der Waals surface area (Å²) in [6.07, 6.45) is 9.42. The zero-order valence-corrected chi connectivity index (χ0v) is 18.4. The Morgan fingerprint density at radius 1 is 1.13 bits per heavy atom. The summed E-state index contributed by atoms with van der Waals surface area (Å²) in [7, 11) is 1.82. The minimum atomic E-state index is 0.0533. The Hall–Kier alpha value is -2.27. The third-order valence-electron chi connectivity index (χ3n) is 6.33. The third-order valence-corrected chi connectivity index (χ3v) is 6.73. The van der Waals surface area contributed by atoms with E-state index in [1.54, 1.807) is 0 Å². The highest BCUT2D eigenvalue weighted by Crippen LogP contribution is 2.39. The topological polar surface area (TPSA) is 38.5 Å². The molecule has 0 saturated carbocycles. The maximum atomic E-state index is 6.03. The van der Waals surface area contributed by atoms with Gasteiger partial charge in [-0.1, -0.05) is 72.9 Å². The van der Waals surface area contributed by atoms with Crippen LogP contribution in [0.15, 0.2) is 78.4 Å². The van der Waals surface area contributed by atoms with E-state index in [0.29, 0.717) is 12.0 Å². The van der Waals surface area contributed by atoms with Crippen molar-refractivity contribution >= 4 is 22.8 Å². The molecule has 1 saturated heterocycles. The van der Waals surface area contributed by atoms with Gasteiger partial charge in [0, 0.05) is 36.7 Å². The van der Waals surface area contributed by atoms with E-state index in [1.165, 1.54) is 16.7 Å². The molecule has 1 fully saturated rings. The Morgan fingerprint density at radius 3 is 2.60 bits per heavy atom. The molecule has 0 spiro atoms. The van der Waals surface area contributed by atoms with Gasteiger partial charge in [0.15, 0.2) is 0 Å². The summed E-state index contributed by atoms with van der Waals surface area (Å²) in [6, 6.07) is 19.4. The average Bonchev–Trinajstić information content (AvgIpc) is 2.78. The first-order chi connectivity index (χ1) is 14.7. The number of thiocarbonyl (C=S) groups is 1. The lowest BCUT2D eigenvalue weighted by molar-refractivity contribution is 0.0208. The first-order valence-corrected chi connectivity index (χ1v) is 11.1. The Morgan fingerprint density at radius 2 is 1.90 bits per heavy atom. The molecule has 2 N–H and O–H groups in total. The molecule has 1 aliphatic carbocycles. The number of anilines is 1. The lowest BCUT2D eigenvalue weighted by Gasteiger charge is -2.42. The molecule has 3 atom stereocenters. The number of nitrogens with zero attached hydrogens (tertiary/aromatic N) is 1. The van der Waals surface area contributed by atoms with E-state index in [1.807, 2.05) is 19.2 Å². The van der Waals surface area contributed by atoms with Gasteiger partial charge in [-0.05, 0) is 54.1 Å². The van der Waals surface area contributed by atoms with Gasteiger partial charge in [0.25, 0.3) is 0 Å². The van der Waals surface area contributed by atoms with Crippen LogP contribution in [-0.2, 0) is 11.3 Å². The Kier molecular flexibility index (Phi) is 6.78. The fourth-order valence-corrected chi connectivity index (χ4v) is 5.05. The molecule has 0 radical (unpaired) electrons. The first-order valence-electron chi connectivity index (χ1n) is 10.7. The quantitative estimate of drug-likeness (QED) is 0.497. The number of allylic oxidation sites excluding steroid dienone is 3. The Balaban J connectivity index is 1.59. The summed E-state index contributed by atoms with van der Waals surface area (Å²) in [5, 5.41) is 0. The van der Waals surface area contributed by atoms with Crippen LogP contribution in [0, 0.1) is 5.92 Å². The van der Waals surface area contributed by atoms with Gasteiger partial charge >= 0.3 is 0 Å². The molecule has 0 aromatic heterocycles. The van der Waals surface area contributed by atoms with E-state index in [9.17, 15) is 0 Å². The molecular formula is C26H30N2OS. The first kappa shape index (κ1) is 21.0. The van der Waals surface area contributed by atoms with Gasteiger partial charge in [-0.2, -0.15) is 0 Å². The van der Waals surface area contributed by atoms with E-state index < -0.39 is 0 Å². The molecule has 1 heterocycles. The molecule has 2 aromatic rings. The number of hydrogen-bond donors (Lipinski definition) is 1. The zero-order valence-electron chi connectivity index (χ0n) is 17.5. The standard InChI is InChI=1S/C26H30N2OS/c1-29-26(23-9-5-6-10-25(23)30)21-15-16-28(18-19-7-3-2-4-8-19)24(17-21)20-11-13-22(27)14-12-20/h2-9,11-14,21,24,26H,10,15-18,27H2,1H3. The largest absolute Gasteiger partial charge is 0.399 e. The highest BCUT2D eigenvalue weighted by Gasteiger charge is 2.36. The van der Waals surface area contributed by atoms with Gasteiger partial charge in [0.2, 0.25) is 0 Å². The summed E-state index contributed by atoms with van der Waals surface area (Å²) in [4.78, 5) is 3.61. The molecule has 3 unspecified atom stereocenters. The van der Waals surface area contributed by atoms with E-state index in [2.05, 4.69) is 65.6 Å². The van der Waals surface area contributed by atoms with Gasteiger partial charge < -0.3 is 10.5 Å². The maximum Gasteiger partial charge on any atom is 0.0861 e. The minimum absolute atomic E-state index is 0.0533. The smallest absolute Gasteiger partial charge is 0.0861 e. The number of rotatable bonds is 6. The van der Waals surface area contributed by atoms with Crippen LogP contribution in [0.25, 0.3) is 0 Å². The van der Waals surface area contributed by atoms with Gasteiger partial charge in [-0.25, -0.2) is 0 Å². The van der Waals surface area contributed by atoms with Gasteiger partial charge in [0.05, 0.1) is 6.10 Å². The molecule has 2 aliphatic rings. The van der Waals surface area contributed by atoms with Crippen molar-refractivity contribution < 1.29 is 4.74 Å². The monoisotopic (exact) mass is 418 g/mol. The van der Waals surface area contributed by atoms with Crippen molar-refractivity contribution in [1.29, 1.82) is 0 Å². The highest BCUT2D eigenvalue weighted by molar-refractivity contribution is 7.80. The molecule has 3 nitrogen and oxygen atoms in total.